The average molecular weight is 275 g/mol. The fourth-order valence-corrected chi connectivity index (χ4v) is 1.36. The van der Waals surface area contributed by atoms with Crippen LogP contribution in [0.4, 0.5) is 0 Å². The summed E-state index contributed by atoms with van der Waals surface area (Å²) in [5, 5.41) is 17.6. The zero-order valence-electron chi connectivity index (χ0n) is 7.89. The highest BCUT2D eigenvalue weighted by Crippen LogP contribution is 2.21. The average Bonchev–Trinajstić information content (AvgIpc) is 2.26. The molecule has 1 atom stereocenters. The molecule has 0 amide bonds. The van der Waals surface area contributed by atoms with E-state index in [0.29, 0.717) is 17.6 Å². The van der Waals surface area contributed by atoms with Gasteiger partial charge in [0.05, 0.1) is 12.2 Å². The summed E-state index contributed by atoms with van der Waals surface area (Å²) in [6.07, 6.45) is -0.265. The molecule has 0 aliphatic heterocycles. The Morgan fingerprint density at radius 1 is 1.53 bits per heavy atom. The lowest BCUT2D eigenvalue weighted by atomic mass is 10.2. The summed E-state index contributed by atoms with van der Waals surface area (Å²) in [7, 11) is 0. The molecule has 82 valence electrons. The molecule has 0 bridgehead atoms. The topological polar surface area (TPSA) is 66.8 Å². The second kappa shape index (κ2) is 5.85. The zero-order valence-corrected chi connectivity index (χ0v) is 9.48. The minimum atomic E-state index is -0.937. The second-order valence-corrected chi connectivity index (χ2v) is 3.86. The number of hydrogen-bond acceptors (Lipinski definition) is 4. The van der Waals surface area contributed by atoms with Gasteiger partial charge in [0.2, 0.25) is 0 Å². The summed E-state index contributed by atoms with van der Waals surface area (Å²) in [6.45, 7) is -0.411. The van der Waals surface area contributed by atoms with Gasteiger partial charge in [-0.25, -0.2) is 0 Å². The highest BCUT2D eigenvalue weighted by atomic mass is 79.9. The normalized spacial score (nSPS) is 12.2. The molecular weight excluding hydrogens is 264 g/mol. The fraction of sp³-hybridized carbons (Fsp3) is 0.300. The molecule has 0 aliphatic carbocycles. The van der Waals surface area contributed by atoms with Crippen LogP contribution in [-0.4, -0.2) is 35.8 Å². The van der Waals surface area contributed by atoms with Crippen LogP contribution in [0.15, 0.2) is 22.7 Å². The number of rotatable bonds is 5. The maximum Gasteiger partial charge on any atom is 0.153 e. The van der Waals surface area contributed by atoms with E-state index >= 15 is 0 Å². The molecule has 5 heteroatoms. The second-order valence-electron chi connectivity index (χ2n) is 2.95. The smallest absolute Gasteiger partial charge is 0.153 e. The maximum absolute atomic E-state index is 10.7. The Morgan fingerprint density at radius 3 is 2.87 bits per heavy atom. The molecule has 1 rings (SSSR count). The van der Waals surface area contributed by atoms with E-state index in [9.17, 15) is 4.79 Å². The molecule has 0 radical (unpaired) electrons. The van der Waals surface area contributed by atoms with E-state index in [1.807, 2.05) is 0 Å². The third-order valence-electron chi connectivity index (χ3n) is 1.74. The Morgan fingerprint density at radius 2 is 2.27 bits per heavy atom. The van der Waals surface area contributed by atoms with Crippen molar-refractivity contribution in [3.63, 3.8) is 0 Å². The van der Waals surface area contributed by atoms with E-state index in [0.717, 1.165) is 4.47 Å². The van der Waals surface area contributed by atoms with Crippen LogP contribution in [0, 0.1) is 0 Å². The Hall–Kier alpha value is -0.910. The van der Waals surface area contributed by atoms with Crippen molar-refractivity contribution in [1.82, 2.24) is 0 Å². The highest BCUT2D eigenvalue weighted by Gasteiger charge is 2.07. The Labute approximate surface area is 95.6 Å². The first-order valence-corrected chi connectivity index (χ1v) is 5.13. The fourth-order valence-electron chi connectivity index (χ4n) is 0.982. The van der Waals surface area contributed by atoms with E-state index in [4.69, 9.17) is 14.9 Å². The molecule has 2 N–H and O–H groups in total. The molecule has 0 spiro atoms. The lowest BCUT2D eigenvalue weighted by Crippen LogP contribution is -2.21. The van der Waals surface area contributed by atoms with Crippen LogP contribution in [0.25, 0.3) is 0 Å². The molecule has 1 aromatic carbocycles. The van der Waals surface area contributed by atoms with E-state index in [1.54, 1.807) is 18.2 Å². The van der Waals surface area contributed by atoms with E-state index < -0.39 is 6.10 Å². The Balaban J connectivity index is 2.72. The van der Waals surface area contributed by atoms with Crippen LogP contribution in [0.2, 0.25) is 0 Å². The predicted molar refractivity (Wildman–Crippen MR) is 58.1 cm³/mol. The van der Waals surface area contributed by atoms with Crippen LogP contribution in [0.3, 0.4) is 0 Å². The molecule has 1 unspecified atom stereocenters. The van der Waals surface area contributed by atoms with Gasteiger partial charge in [0.25, 0.3) is 0 Å². The number of benzene rings is 1. The van der Waals surface area contributed by atoms with Crippen molar-refractivity contribution in [2.24, 2.45) is 0 Å². The largest absolute Gasteiger partial charge is 0.490 e. The van der Waals surface area contributed by atoms with Crippen molar-refractivity contribution in [3.8, 4) is 5.75 Å². The molecular formula is C10H11BrO4. The number of hydrogen-bond donors (Lipinski definition) is 2. The SMILES string of the molecule is O=Cc1cc(Br)ccc1OCC(O)CO. The van der Waals surface area contributed by atoms with Crippen LogP contribution in [0.1, 0.15) is 10.4 Å². The number of aliphatic hydroxyl groups is 2. The number of aldehydes is 1. The number of carbonyl (C=O) groups is 1. The molecule has 4 nitrogen and oxygen atoms in total. The van der Waals surface area contributed by atoms with Crippen molar-refractivity contribution in [2.45, 2.75) is 6.10 Å². The Bertz CT molecular complexity index is 340. The van der Waals surface area contributed by atoms with Gasteiger partial charge in [-0.15, -0.1) is 0 Å². The molecule has 0 heterocycles. The number of halogens is 1. The minimum Gasteiger partial charge on any atom is -0.490 e. The standard InChI is InChI=1S/C10H11BrO4/c11-8-1-2-10(7(3-8)4-12)15-6-9(14)5-13/h1-4,9,13-14H,5-6H2. The van der Waals surface area contributed by atoms with Crippen LogP contribution in [0.5, 0.6) is 5.75 Å². The quantitative estimate of drug-likeness (QED) is 0.786. The van der Waals surface area contributed by atoms with Gasteiger partial charge in [-0.1, -0.05) is 15.9 Å². The van der Waals surface area contributed by atoms with Gasteiger partial charge in [-0.05, 0) is 18.2 Å². The number of carbonyl (C=O) groups excluding carboxylic acids is 1. The van der Waals surface area contributed by atoms with Crippen LogP contribution < -0.4 is 4.74 Å². The summed E-state index contributed by atoms with van der Waals surface area (Å²) < 4.78 is 5.95. The monoisotopic (exact) mass is 274 g/mol. The van der Waals surface area contributed by atoms with Crippen molar-refractivity contribution in [1.29, 1.82) is 0 Å². The predicted octanol–water partition coefficient (Wildman–Crippen LogP) is 0.994. The van der Waals surface area contributed by atoms with Crippen molar-refractivity contribution in [3.05, 3.63) is 28.2 Å². The van der Waals surface area contributed by atoms with E-state index in [1.165, 1.54) is 0 Å². The molecule has 0 fully saturated rings. The van der Waals surface area contributed by atoms with Gasteiger partial charge < -0.3 is 14.9 Å². The van der Waals surface area contributed by atoms with Gasteiger partial charge in [-0.2, -0.15) is 0 Å². The lowest BCUT2D eigenvalue weighted by molar-refractivity contribution is 0.0533. The summed E-state index contributed by atoms with van der Waals surface area (Å²) in [6, 6.07) is 4.97. The molecule has 0 aliphatic rings. The van der Waals surface area contributed by atoms with Crippen molar-refractivity contribution >= 4 is 22.2 Å². The van der Waals surface area contributed by atoms with Gasteiger partial charge in [0, 0.05) is 4.47 Å². The number of aliphatic hydroxyl groups excluding tert-OH is 2. The number of ether oxygens (including phenoxy) is 1. The first-order valence-electron chi connectivity index (χ1n) is 4.34. The van der Waals surface area contributed by atoms with Crippen molar-refractivity contribution < 1.29 is 19.7 Å². The summed E-state index contributed by atoms with van der Waals surface area (Å²) >= 11 is 3.23. The van der Waals surface area contributed by atoms with Gasteiger partial charge >= 0.3 is 0 Å². The summed E-state index contributed by atoms with van der Waals surface area (Å²) in [5.74, 6) is 0.390. The van der Waals surface area contributed by atoms with Gasteiger partial charge in [-0.3, -0.25) is 4.79 Å². The van der Waals surface area contributed by atoms with Gasteiger partial charge in [0.1, 0.15) is 18.5 Å². The van der Waals surface area contributed by atoms with Crippen LogP contribution >= 0.6 is 15.9 Å². The highest BCUT2D eigenvalue weighted by molar-refractivity contribution is 9.10. The summed E-state index contributed by atoms with van der Waals surface area (Å²) in [4.78, 5) is 10.7. The molecule has 0 saturated carbocycles. The Kier molecular flexibility index (Phi) is 4.74. The molecule has 0 aromatic heterocycles. The maximum atomic E-state index is 10.7. The van der Waals surface area contributed by atoms with Gasteiger partial charge in [0.15, 0.2) is 6.29 Å². The molecule has 1 aromatic rings. The first-order chi connectivity index (χ1) is 7.17. The first kappa shape index (κ1) is 12.2. The third-order valence-corrected chi connectivity index (χ3v) is 2.23. The van der Waals surface area contributed by atoms with E-state index in [-0.39, 0.29) is 13.2 Å². The minimum absolute atomic E-state index is 0.0427. The summed E-state index contributed by atoms with van der Waals surface area (Å²) in [5.41, 5.74) is 0.398. The van der Waals surface area contributed by atoms with E-state index in [2.05, 4.69) is 15.9 Å². The third kappa shape index (κ3) is 3.62. The molecule has 15 heavy (non-hydrogen) atoms. The molecule has 0 saturated heterocycles. The van der Waals surface area contributed by atoms with Crippen LogP contribution in [-0.2, 0) is 0 Å². The van der Waals surface area contributed by atoms with Crippen molar-refractivity contribution in [2.75, 3.05) is 13.2 Å². The zero-order chi connectivity index (χ0) is 11.3. The lowest BCUT2D eigenvalue weighted by Gasteiger charge is -2.11.